The van der Waals surface area contributed by atoms with Crippen molar-refractivity contribution < 1.29 is 4.74 Å². The summed E-state index contributed by atoms with van der Waals surface area (Å²) in [5.41, 5.74) is 0. The Morgan fingerprint density at radius 3 is 2.53 bits per heavy atom. The Morgan fingerprint density at radius 1 is 1.05 bits per heavy atom. The minimum absolute atomic E-state index is 0.686. The van der Waals surface area contributed by atoms with Crippen molar-refractivity contribution in [1.82, 2.24) is 10.2 Å². The smallest absolute Gasteiger partial charge is 0.0594 e. The van der Waals surface area contributed by atoms with E-state index in [-0.39, 0.29) is 0 Å². The van der Waals surface area contributed by atoms with Crippen LogP contribution in [0.2, 0.25) is 0 Å². The van der Waals surface area contributed by atoms with Crippen LogP contribution in [0.3, 0.4) is 0 Å². The molecule has 3 heteroatoms. The molecule has 0 aromatic carbocycles. The maximum Gasteiger partial charge on any atom is 0.0594 e. The number of ether oxygens (including phenoxy) is 1. The highest BCUT2D eigenvalue weighted by Gasteiger charge is 2.09. The molecule has 0 amide bonds. The zero-order valence-electron chi connectivity index (χ0n) is 13.1. The monoisotopic (exact) mass is 270 g/mol. The molecular formula is C16H34N2O. The van der Waals surface area contributed by atoms with Crippen LogP contribution in [0, 0.1) is 0 Å². The van der Waals surface area contributed by atoms with Crippen molar-refractivity contribution in [3.05, 3.63) is 0 Å². The Bertz CT molecular complexity index is 193. The first-order valence-corrected chi connectivity index (χ1v) is 8.36. The van der Waals surface area contributed by atoms with E-state index in [0.29, 0.717) is 6.04 Å². The lowest BCUT2D eigenvalue weighted by atomic mass is 10.1. The third-order valence-electron chi connectivity index (χ3n) is 3.99. The van der Waals surface area contributed by atoms with Crippen LogP contribution in [0.1, 0.15) is 58.8 Å². The van der Waals surface area contributed by atoms with E-state index in [0.717, 1.165) is 32.8 Å². The third-order valence-corrected chi connectivity index (χ3v) is 3.99. The number of nitrogens with one attached hydrogen (secondary N) is 1. The second-order valence-electron chi connectivity index (χ2n) is 5.87. The average molecular weight is 270 g/mol. The lowest BCUT2D eigenvalue weighted by Crippen LogP contribution is -2.38. The van der Waals surface area contributed by atoms with Gasteiger partial charge in [-0.3, -0.25) is 4.90 Å². The summed E-state index contributed by atoms with van der Waals surface area (Å²) in [6, 6.07) is 0.686. The van der Waals surface area contributed by atoms with Crippen LogP contribution in [0.4, 0.5) is 0 Å². The molecule has 0 aliphatic carbocycles. The molecule has 0 spiro atoms. The minimum atomic E-state index is 0.686. The minimum Gasteiger partial charge on any atom is -0.379 e. The van der Waals surface area contributed by atoms with Crippen LogP contribution in [0.15, 0.2) is 0 Å². The van der Waals surface area contributed by atoms with E-state index in [9.17, 15) is 0 Å². The summed E-state index contributed by atoms with van der Waals surface area (Å²) in [7, 11) is 0. The Balaban J connectivity index is 1.85. The van der Waals surface area contributed by atoms with Gasteiger partial charge in [0.1, 0.15) is 0 Å². The molecule has 1 unspecified atom stereocenters. The fraction of sp³-hybridized carbons (Fsp3) is 1.00. The molecule has 1 atom stereocenters. The molecule has 19 heavy (non-hydrogen) atoms. The van der Waals surface area contributed by atoms with E-state index < -0.39 is 0 Å². The van der Waals surface area contributed by atoms with Gasteiger partial charge in [0.2, 0.25) is 0 Å². The highest BCUT2D eigenvalue weighted by molar-refractivity contribution is 4.65. The molecule has 1 aliphatic rings. The second-order valence-corrected chi connectivity index (χ2v) is 5.87. The van der Waals surface area contributed by atoms with Crippen molar-refractivity contribution in [1.29, 1.82) is 0 Å². The van der Waals surface area contributed by atoms with Crippen molar-refractivity contribution >= 4 is 0 Å². The molecule has 1 heterocycles. The second kappa shape index (κ2) is 11.7. The summed E-state index contributed by atoms with van der Waals surface area (Å²) in [6.45, 7) is 11.1. The molecular weight excluding hydrogens is 236 g/mol. The summed E-state index contributed by atoms with van der Waals surface area (Å²) < 4.78 is 5.36. The number of morpholine rings is 1. The molecule has 1 rings (SSSR count). The number of nitrogens with zero attached hydrogens (tertiary/aromatic N) is 1. The molecule has 0 aromatic rings. The first kappa shape index (κ1) is 16.9. The summed E-state index contributed by atoms with van der Waals surface area (Å²) in [4.78, 5) is 2.51. The maximum atomic E-state index is 5.36. The third kappa shape index (κ3) is 9.42. The molecule has 0 bridgehead atoms. The molecule has 0 aromatic heterocycles. The molecule has 1 aliphatic heterocycles. The van der Waals surface area contributed by atoms with Crippen LogP contribution < -0.4 is 5.32 Å². The van der Waals surface area contributed by atoms with Crippen molar-refractivity contribution in [3.8, 4) is 0 Å². The van der Waals surface area contributed by atoms with Gasteiger partial charge in [0.25, 0.3) is 0 Å². The zero-order chi connectivity index (χ0) is 13.8. The number of unbranched alkanes of at least 4 members (excludes halogenated alkanes) is 4. The van der Waals surface area contributed by atoms with E-state index >= 15 is 0 Å². The topological polar surface area (TPSA) is 24.5 Å². The molecule has 1 N–H and O–H groups in total. The van der Waals surface area contributed by atoms with Crippen molar-refractivity contribution in [3.63, 3.8) is 0 Å². The lowest BCUT2D eigenvalue weighted by Gasteiger charge is -2.26. The highest BCUT2D eigenvalue weighted by Crippen LogP contribution is 2.07. The average Bonchev–Trinajstić information content (AvgIpc) is 2.44. The van der Waals surface area contributed by atoms with Crippen LogP contribution in [-0.4, -0.2) is 50.3 Å². The van der Waals surface area contributed by atoms with Crippen LogP contribution >= 0.6 is 0 Å². The predicted octanol–water partition coefficient (Wildman–Crippen LogP) is 3.05. The number of hydrogen-bond acceptors (Lipinski definition) is 3. The van der Waals surface area contributed by atoms with E-state index in [1.54, 1.807) is 0 Å². The standard InChI is InChI=1S/C16H34N2O/c1-3-4-5-6-7-9-16(2)17-10-8-11-18-12-14-19-15-13-18/h16-17H,3-15H2,1-2H3. The van der Waals surface area contributed by atoms with Gasteiger partial charge in [-0.25, -0.2) is 0 Å². The molecule has 3 nitrogen and oxygen atoms in total. The van der Waals surface area contributed by atoms with Crippen LogP contribution in [-0.2, 0) is 4.74 Å². The molecule has 1 fully saturated rings. The van der Waals surface area contributed by atoms with Gasteiger partial charge in [-0.05, 0) is 32.9 Å². The summed E-state index contributed by atoms with van der Waals surface area (Å²) in [6.07, 6.45) is 9.56. The van der Waals surface area contributed by atoms with Gasteiger partial charge < -0.3 is 10.1 Å². The Hall–Kier alpha value is -0.120. The van der Waals surface area contributed by atoms with E-state index in [2.05, 4.69) is 24.1 Å². The fourth-order valence-electron chi connectivity index (χ4n) is 2.63. The molecule has 0 saturated carbocycles. The van der Waals surface area contributed by atoms with Crippen molar-refractivity contribution in [2.45, 2.75) is 64.8 Å². The number of rotatable bonds is 11. The van der Waals surface area contributed by atoms with Gasteiger partial charge in [-0.1, -0.05) is 39.0 Å². The largest absolute Gasteiger partial charge is 0.379 e. The van der Waals surface area contributed by atoms with E-state index in [1.165, 1.54) is 51.5 Å². The quantitative estimate of drug-likeness (QED) is 0.584. The van der Waals surface area contributed by atoms with E-state index in [1.807, 2.05) is 0 Å². The molecule has 114 valence electrons. The Kier molecular flexibility index (Phi) is 10.4. The van der Waals surface area contributed by atoms with E-state index in [4.69, 9.17) is 4.74 Å². The van der Waals surface area contributed by atoms with Gasteiger partial charge in [0, 0.05) is 19.1 Å². The summed E-state index contributed by atoms with van der Waals surface area (Å²) in [5, 5.41) is 3.66. The zero-order valence-corrected chi connectivity index (χ0v) is 13.1. The summed E-state index contributed by atoms with van der Waals surface area (Å²) >= 11 is 0. The van der Waals surface area contributed by atoms with Gasteiger partial charge in [-0.15, -0.1) is 0 Å². The van der Waals surface area contributed by atoms with Gasteiger partial charge in [0.15, 0.2) is 0 Å². The molecule has 1 saturated heterocycles. The molecule has 0 radical (unpaired) electrons. The first-order valence-electron chi connectivity index (χ1n) is 8.36. The van der Waals surface area contributed by atoms with Gasteiger partial charge in [0.05, 0.1) is 13.2 Å². The van der Waals surface area contributed by atoms with Crippen LogP contribution in [0.5, 0.6) is 0 Å². The maximum absolute atomic E-state index is 5.36. The van der Waals surface area contributed by atoms with Crippen molar-refractivity contribution in [2.75, 3.05) is 39.4 Å². The highest BCUT2D eigenvalue weighted by atomic mass is 16.5. The normalized spacial score (nSPS) is 18.6. The SMILES string of the molecule is CCCCCCCC(C)NCCCN1CCOCC1. The fourth-order valence-corrected chi connectivity index (χ4v) is 2.63. The van der Waals surface area contributed by atoms with Gasteiger partial charge >= 0.3 is 0 Å². The van der Waals surface area contributed by atoms with Gasteiger partial charge in [-0.2, -0.15) is 0 Å². The Labute approximate surface area is 120 Å². The number of hydrogen-bond donors (Lipinski definition) is 1. The lowest BCUT2D eigenvalue weighted by molar-refractivity contribution is 0.0374. The Morgan fingerprint density at radius 2 is 1.79 bits per heavy atom. The van der Waals surface area contributed by atoms with Crippen LogP contribution in [0.25, 0.3) is 0 Å². The first-order chi connectivity index (χ1) is 9.33. The van der Waals surface area contributed by atoms with Crippen molar-refractivity contribution in [2.24, 2.45) is 0 Å². The summed E-state index contributed by atoms with van der Waals surface area (Å²) in [5.74, 6) is 0. The predicted molar refractivity (Wildman–Crippen MR) is 82.7 cm³/mol.